The number of methoxy groups -OCH3 is 2. The highest BCUT2D eigenvalue weighted by Crippen LogP contribution is 2.67. The van der Waals surface area contributed by atoms with E-state index in [9.17, 15) is 14.4 Å². The van der Waals surface area contributed by atoms with Crippen molar-refractivity contribution in [3.63, 3.8) is 0 Å². The zero-order valence-electron chi connectivity index (χ0n) is 20.8. The summed E-state index contributed by atoms with van der Waals surface area (Å²) in [6.07, 6.45) is 5.17. The molecule has 0 aromatic rings. The molecule has 2 bridgehead atoms. The summed E-state index contributed by atoms with van der Waals surface area (Å²) < 4.78 is 16.6. The van der Waals surface area contributed by atoms with Gasteiger partial charge in [-0.1, -0.05) is 25.5 Å². The van der Waals surface area contributed by atoms with Crippen LogP contribution in [0.25, 0.3) is 0 Å². The summed E-state index contributed by atoms with van der Waals surface area (Å²) in [7, 11) is 0.660. The molecule has 180 valence electrons. The number of carbonyl (C=O) groups excluding carboxylic acids is 3. The Labute approximate surface area is 193 Å². The smallest absolute Gasteiger partial charge is 0.312 e. The Hall–Kier alpha value is -1.63. The van der Waals surface area contributed by atoms with Crippen LogP contribution in [0.4, 0.5) is 0 Å². The van der Waals surface area contributed by atoms with Gasteiger partial charge < -0.3 is 13.9 Å². The van der Waals surface area contributed by atoms with E-state index < -0.39 is 30.5 Å². The van der Waals surface area contributed by atoms with Crippen molar-refractivity contribution in [2.75, 3.05) is 14.2 Å². The minimum Gasteiger partial charge on any atom is -0.519 e. The zero-order valence-corrected chi connectivity index (χ0v) is 21.8. The standard InChI is InChI=1S/C25H40O6Si/c1-16-14-25(22(28)30-5)15-17(16)10-11-18(25)23(2)12-9-13-24(3,19(23)20(26)29-4)21(27)31-32(6,7)8/h17-19H,1,9-15H2,2-8H3/t17?,18?,19-,23-,24+,25-/m0/s1. The molecule has 32 heavy (non-hydrogen) atoms. The van der Waals surface area contributed by atoms with Crippen LogP contribution in [-0.2, 0) is 28.3 Å². The van der Waals surface area contributed by atoms with E-state index in [1.165, 1.54) is 14.2 Å². The van der Waals surface area contributed by atoms with E-state index in [1.54, 1.807) is 0 Å². The molecule has 3 aliphatic carbocycles. The molecule has 2 unspecified atom stereocenters. The first-order valence-corrected chi connectivity index (χ1v) is 15.2. The lowest BCUT2D eigenvalue weighted by Crippen LogP contribution is -2.60. The molecule has 0 amide bonds. The fraction of sp³-hybridized carbons (Fsp3) is 0.800. The van der Waals surface area contributed by atoms with Gasteiger partial charge in [0, 0.05) is 0 Å². The highest BCUT2D eigenvalue weighted by molar-refractivity contribution is 6.71. The topological polar surface area (TPSA) is 78.9 Å². The van der Waals surface area contributed by atoms with Gasteiger partial charge in [0.05, 0.1) is 31.0 Å². The van der Waals surface area contributed by atoms with Gasteiger partial charge in [0.25, 0.3) is 5.97 Å². The number of ether oxygens (including phenoxy) is 2. The molecule has 0 radical (unpaired) electrons. The molecule has 3 aliphatic rings. The van der Waals surface area contributed by atoms with Crippen molar-refractivity contribution in [3.05, 3.63) is 12.2 Å². The van der Waals surface area contributed by atoms with Gasteiger partial charge in [0.2, 0.25) is 8.32 Å². The average Bonchev–Trinajstić information content (AvgIpc) is 2.96. The molecule has 6 nitrogen and oxygen atoms in total. The molecule has 0 heterocycles. The average molecular weight is 465 g/mol. The SMILES string of the molecule is C=C1C[C@]2(C(=O)OC)CC1CCC2[C@]1(C)CCC[C@@](C)(C(=O)O[Si](C)(C)C)[C@H]1C(=O)OC. The maximum Gasteiger partial charge on any atom is 0.312 e. The van der Waals surface area contributed by atoms with E-state index >= 15 is 0 Å². The van der Waals surface area contributed by atoms with Crippen molar-refractivity contribution in [1.82, 2.24) is 0 Å². The summed E-state index contributed by atoms with van der Waals surface area (Å²) >= 11 is 0. The van der Waals surface area contributed by atoms with Gasteiger partial charge in [-0.3, -0.25) is 14.4 Å². The first-order valence-electron chi connectivity index (χ1n) is 11.8. The normalized spacial score (nSPS) is 39.3. The van der Waals surface area contributed by atoms with Crippen molar-refractivity contribution in [3.8, 4) is 0 Å². The second-order valence-electron chi connectivity index (χ2n) is 11.7. The van der Waals surface area contributed by atoms with E-state index in [0.29, 0.717) is 25.2 Å². The summed E-state index contributed by atoms with van der Waals surface area (Å²) in [5, 5.41) is 0. The Morgan fingerprint density at radius 2 is 1.66 bits per heavy atom. The number of hydrogen-bond donors (Lipinski definition) is 0. The van der Waals surface area contributed by atoms with Crippen molar-refractivity contribution in [1.29, 1.82) is 0 Å². The molecular formula is C25H40O6Si. The predicted octanol–water partition coefficient (Wildman–Crippen LogP) is 4.89. The first-order chi connectivity index (χ1) is 14.7. The third-order valence-electron chi connectivity index (χ3n) is 8.60. The van der Waals surface area contributed by atoms with Crippen LogP contribution >= 0.6 is 0 Å². The molecule has 0 aromatic carbocycles. The van der Waals surface area contributed by atoms with E-state index in [0.717, 1.165) is 31.3 Å². The van der Waals surface area contributed by atoms with E-state index in [-0.39, 0.29) is 23.8 Å². The molecule has 0 spiro atoms. The van der Waals surface area contributed by atoms with Gasteiger partial charge in [-0.15, -0.1) is 0 Å². The van der Waals surface area contributed by atoms with Crippen LogP contribution in [-0.4, -0.2) is 40.4 Å². The molecule has 3 saturated carbocycles. The fourth-order valence-electron chi connectivity index (χ4n) is 7.37. The Bertz CT molecular complexity index is 816. The lowest BCUT2D eigenvalue weighted by Gasteiger charge is -2.57. The molecule has 0 saturated heterocycles. The summed E-state index contributed by atoms with van der Waals surface area (Å²) in [6, 6.07) is 0. The van der Waals surface area contributed by atoms with E-state index in [4.69, 9.17) is 13.9 Å². The largest absolute Gasteiger partial charge is 0.519 e. The van der Waals surface area contributed by atoms with Crippen molar-refractivity contribution in [2.24, 2.45) is 34.0 Å². The third-order valence-corrected chi connectivity index (χ3v) is 9.40. The highest BCUT2D eigenvalue weighted by Gasteiger charge is 2.67. The van der Waals surface area contributed by atoms with Gasteiger partial charge in [0.15, 0.2) is 0 Å². The molecule has 0 N–H and O–H groups in total. The number of esters is 2. The van der Waals surface area contributed by atoms with Gasteiger partial charge in [-0.25, -0.2) is 0 Å². The summed E-state index contributed by atoms with van der Waals surface area (Å²) in [6.45, 7) is 14.1. The second-order valence-corrected chi connectivity index (χ2v) is 16.2. The minimum atomic E-state index is -2.16. The van der Waals surface area contributed by atoms with Crippen molar-refractivity contribution in [2.45, 2.75) is 78.4 Å². The fourth-order valence-corrected chi connectivity index (χ4v) is 8.16. The molecular weight excluding hydrogens is 424 g/mol. The van der Waals surface area contributed by atoms with Gasteiger partial charge >= 0.3 is 11.9 Å². The van der Waals surface area contributed by atoms with Crippen LogP contribution in [0.1, 0.15) is 58.8 Å². The lowest BCUT2D eigenvalue weighted by molar-refractivity contribution is -0.190. The summed E-state index contributed by atoms with van der Waals surface area (Å²) in [5.41, 5.74) is -1.18. The first kappa shape index (κ1) is 25.0. The molecule has 0 aromatic heterocycles. The maximum atomic E-state index is 13.5. The molecule has 0 aliphatic heterocycles. The number of hydrogen-bond acceptors (Lipinski definition) is 6. The second kappa shape index (κ2) is 8.30. The maximum absolute atomic E-state index is 13.5. The summed E-state index contributed by atoms with van der Waals surface area (Å²) in [4.78, 5) is 40.1. The Kier molecular flexibility index (Phi) is 6.48. The van der Waals surface area contributed by atoms with Crippen LogP contribution in [0.5, 0.6) is 0 Å². The van der Waals surface area contributed by atoms with Crippen LogP contribution < -0.4 is 0 Å². The van der Waals surface area contributed by atoms with Crippen LogP contribution in [0.15, 0.2) is 12.2 Å². The van der Waals surface area contributed by atoms with Crippen molar-refractivity contribution >= 4 is 26.2 Å². The summed E-state index contributed by atoms with van der Waals surface area (Å²) in [5.74, 6) is -1.38. The van der Waals surface area contributed by atoms with Gasteiger partial charge in [-0.05, 0) is 82.3 Å². The van der Waals surface area contributed by atoms with Crippen LogP contribution in [0.3, 0.4) is 0 Å². The lowest BCUT2D eigenvalue weighted by atomic mass is 9.46. The monoisotopic (exact) mass is 464 g/mol. The predicted molar refractivity (Wildman–Crippen MR) is 124 cm³/mol. The molecule has 3 rings (SSSR count). The number of rotatable bonds is 5. The minimum absolute atomic E-state index is 0.0960. The zero-order chi connectivity index (χ0) is 24.1. The van der Waals surface area contributed by atoms with Crippen LogP contribution in [0, 0.1) is 34.0 Å². The number of fused-ring (bicyclic) bond motifs is 2. The van der Waals surface area contributed by atoms with E-state index in [1.807, 2.05) is 26.6 Å². The van der Waals surface area contributed by atoms with Crippen LogP contribution in [0.2, 0.25) is 19.6 Å². The number of allylic oxidation sites excluding steroid dienone is 1. The molecule has 6 atom stereocenters. The Balaban J connectivity index is 2.12. The Morgan fingerprint density at radius 3 is 2.22 bits per heavy atom. The molecule has 3 fully saturated rings. The van der Waals surface area contributed by atoms with Crippen molar-refractivity contribution < 1.29 is 28.3 Å². The number of carbonyl (C=O) groups is 3. The van der Waals surface area contributed by atoms with Gasteiger partial charge in [0.1, 0.15) is 0 Å². The highest BCUT2D eigenvalue weighted by atomic mass is 28.4. The molecule has 7 heteroatoms. The van der Waals surface area contributed by atoms with Gasteiger partial charge in [-0.2, -0.15) is 0 Å². The Morgan fingerprint density at radius 1 is 1.00 bits per heavy atom. The quantitative estimate of drug-likeness (QED) is 0.328. The third kappa shape index (κ3) is 3.84. The van der Waals surface area contributed by atoms with E-state index in [2.05, 4.69) is 13.5 Å².